The fraction of sp³-hybridized carbons (Fsp3) is 0.923. The van der Waals surface area contributed by atoms with Crippen LogP contribution in [-0.4, -0.2) is 48.2 Å². The van der Waals surface area contributed by atoms with Gasteiger partial charge in [0, 0.05) is 25.6 Å². The molecular weight excluding hydrogens is 216 g/mol. The zero-order chi connectivity index (χ0) is 12.3. The molecule has 1 amide bonds. The summed E-state index contributed by atoms with van der Waals surface area (Å²) in [5.41, 5.74) is 0. The summed E-state index contributed by atoms with van der Waals surface area (Å²) in [4.78, 5) is 14.3. The van der Waals surface area contributed by atoms with Gasteiger partial charge in [-0.05, 0) is 32.2 Å². The van der Waals surface area contributed by atoms with Crippen molar-refractivity contribution in [2.45, 2.75) is 38.7 Å². The number of hydrogen-bond donors (Lipinski definition) is 2. The number of hydrogen-bond acceptors (Lipinski definition) is 3. The topological polar surface area (TPSA) is 52.6 Å². The molecular formula is C13H24N2O2. The van der Waals surface area contributed by atoms with Gasteiger partial charge in [0.25, 0.3) is 0 Å². The molecule has 0 aliphatic carbocycles. The highest BCUT2D eigenvalue weighted by Gasteiger charge is 2.32. The number of carbonyl (C=O) groups is 1. The molecule has 2 N–H and O–H groups in total. The van der Waals surface area contributed by atoms with Gasteiger partial charge in [0.1, 0.15) is 0 Å². The van der Waals surface area contributed by atoms with Gasteiger partial charge in [0.15, 0.2) is 0 Å². The molecule has 0 unspecified atom stereocenters. The number of aliphatic hydroxyl groups is 1. The Labute approximate surface area is 103 Å². The molecule has 2 saturated heterocycles. The molecule has 0 aromatic heterocycles. The number of nitrogens with zero attached hydrogens (tertiary/aromatic N) is 1. The van der Waals surface area contributed by atoms with Crippen molar-refractivity contribution in [3.63, 3.8) is 0 Å². The zero-order valence-corrected chi connectivity index (χ0v) is 10.7. The molecule has 98 valence electrons. The van der Waals surface area contributed by atoms with Crippen LogP contribution in [0.2, 0.25) is 0 Å². The maximum absolute atomic E-state index is 12.3. The standard InChI is InChI=1S/C13H24N2O2/c1-2-10-9-15(7-5-12(10)16)13(17)11-4-3-6-14-8-11/h10-12,14,16H,2-9H2,1H3/t10-,11+,12-/m1/s1. The molecule has 4 nitrogen and oxygen atoms in total. The van der Waals surface area contributed by atoms with Crippen LogP contribution < -0.4 is 5.32 Å². The van der Waals surface area contributed by atoms with E-state index in [1.165, 1.54) is 0 Å². The number of aliphatic hydroxyl groups excluding tert-OH is 1. The van der Waals surface area contributed by atoms with Crippen molar-refractivity contribution in [2.75, 3.05) is 26.2 Å². The van der Waals surface area contributed by atoms with Crippen LogP contribution in [0.3, 0.4) is 0 Å². The largest absolute Gasteiger partial charge is 0.393 e. The molecule has 2 aliphatic heterocycles. The number of nitrogens with one attached hydrogen (secondary N) is 1. The Bertz CT molecular complexity index is 264. The summed E-state index contributed by atoms with van der Waals surface area (Å²) in [6.07, 6.45) is 3.60. The van der Waals surface area contributed by atoms with E-state index in [1.807, 2.05) is 4.90 Å². The van der Waals surface area contributed by atoms with Crippen LogP contribution in [-0.2, 0) is 4.79 Å². The lowest BCUT2D eigenvalue weighted by Crippen LogP contribution is -2.50. The number of likely N-dealkylation sites (tertiary alicyclic amines) is 1. The minimum atomic E-state index is -0.214. The molecule has 3 atom stereocenters. The minimum absolute atomic E-state index is 0.163. The Morgan fingerprint density at radius 2 is 2.29 bits per heavy atom. The van der Waals surface area contributed by atoms with Gasteiger partial charge in [-0.15, -0.1) is 0 Å². The first-order chi connectivity index (χ1) is 8.22. The van der Waals surface area contributed by atoms with Gasteiger partial charge in [0.05, 0.1) is 12.0 Å². The summed E-state index contributed by atoms with van der Waals surface area (Å²) in [6.45, 7) is 5.43. The van der Waals surface area contributed by atoms with E-state index in [-0.39, 0.29) is 17.9 Å². The average Bonchev–Trinajstić information content (AvgIpc) is 2.39. The summed E-state index contributed by atoms with van der Waals surface area (Å²) in [5, 5.41) is 13.1. The quantitative estimate of drug-likeness (QED) is 0.743. The molecule has 2 aliphatic rings. The maximum atomic E-state index is 12.3. The van der Waals surface area contributed by atoms with Gasteiger partial charge in [0.2, 0.25) is 5.91 Å². The number of carbonyl (C=O) groups excluding carboxylic acids is 1. The van der Waals surface area contributed by atoms with Crippen LogP contribution in [0.25, 0.3) is 0 Å². The predicted octanol–water partition coefficient (Wildman–Crippen LogP) is 0.605. The SMILES string of the molecule is CC[C@@H]1CN(C(=O)[C@H]2CCCNC2)CC[C@H]1O. The van der Waals surface area contributed by atoms with Crippen LogP contribution in [0.15, 0.2) is 0 Å². The molecule has 0 aromatic rings. The molecule has 17 heavy (non-hydrogen) atoms. The second-order valence-electron chi connectivity index (χ2n) is 5.35. The average molecular weight is 240 g/mol. The van der Waals surface area contributed by atoms with E-state index >= 15 is 0 Å². The zero-order valence-electron chi connectivity index (χ0n) is 10.7. The van der Waals surface area contributed by atoms with Crippen LogP contribution in [0, 0.1) is 11.8 Å². The first-order valence-corrected chi connectivity index (χ1v) is 6.90. The lowest BCUT2D eigenvalue weighted by molar-refractivity contribution is -0.139. The Balaban J connectivity index is 1.90. The highest BCUT2D eigenvalue weighted by atomic mass is 16.3. The van der Waals surface area contributed by atoms with Gasteiger partial charge < -0.3 is 15.3 Å². The summed E-state index contributed by atoms with van der Waals surface area (Å²) < 4.78 is 0. The van der Waals surface area contributed by atoms with E-state index in [0.29, 0.717) is 5.91 Å². The van der Waals surface area contributed by atoms with Crippen molar-refractivity contribution in [2.24, 2.45) is 11.8 Å². The number of rotatable bonds is 2. The van der Waals surface area contributed by atoms with Crippen molar-refractivity contribution in [3.05, 3.63) is 0 Å². The van der Waals surface area contributed by atoms with E-state index in [1.54, 1.807) is 0 Å². The van der Waals surface area contributed by atoms with E-state index < -0.39 is 0 Å². The third-order valence-electron chi connectivity index (χ3n) is 4.18. The fourth-order valence-electron chi connectivity index (χ4n) is 2.94. The first kappa shape index (κ1) is 12.8. The van der Waals surface area contributed by atoms with Crippen molar-refractivity contribution in [1.29, 1.82) is 0 Å². The van der Waals surface area contributed by atoms with Crippen LogP contribution >= 0.6 is 0 Å². The molecule has 0 radical (unpaired) electrons. The number of piperidine rings is 2. The summed E-state index contributed by atoms with van der Waals surface area (Å²) in [5.74, 6) is 0.725. The molecule has 0 spiro atoms. The molecule has 2 heterocycles. The monoisotopic (exact) mass is 240 g/mol. The molecule has 0 aromatic carbocycles. The lowest BCUT2D eigenvalue weighted by atomic mass is 9.90. The van der Waals surface area contributed by atoms with E-state index in [2.05, 4.69) is 12.2 Å². The smallest absolute Gasteiger partial charge is 0.226 e. The normalized spacial score (nSPS) is 34.7. The second-order valence-corrected chi connectivity index (χ2v) is 5.35. The van der Waals surface area contributed by atoms with Crippen molar-refractivity contribution < 1.29 is 9.90 Å². The highest BCUT2D eigenvalue weighted by molar-refractivity contribution is 5.79. The first-order valence-electron chi connectivity index (χ1n) is 6.90. The molecule has 4 heteroatoms. The summed E-state index contributed by atoms with van der Waals surface area (Å²) >= 11 is 0. The van der Waals surface area contributed by atoms with Crippen molar-refractivity contribution >= 4 is 5.91 Å². The molecule has 0 bridgehead atoms. The lowest BCUT2D eigenvalue weighted by Gasteiger charge is -2.38. The second kappa shape index (κ2) is 5.83. The van der Waals surface area contributed by atoms with Gasteiger partial charge in [-0.2, -0.15) is 0 Å². The molecule has 0 saturated carbocycles. The van der Waals surface area contributed by atoms with E-state index in [4.69, 9.17) is 0 Å². The van der Waals surface area contributed by atoms with Gasteiger partial charge >= 0.3 is 0 Å². The van der Waals surface area contributed by atoms with Gasteiger partial charge in [-0.25, -0.2) is 0 Å². The Kier molecular flexibility index (Phi) is 4.40. The van der Waals surface area contributed by atoms with Crippen molar-refractivity contribution in [3.8, 4) is 0 Å². The third kappa shape index (κ3) is 2.99. The van der Waals surface area contributed by atoms with E-state index in [0.717, 1.165) is 51.9 Å². The summed E-state index contributed by atoms with van der Waals surface area (Å²) in [6, 6.07) is 0. The van der Waals surface area contributed by atoms with Gasteiger partial charge in [-0.3, -0.25) is 4.79 Å². The predicted molar refractivity (Wildman–Crippen MR) is 66.6 cm³/mol. The van der Waals surface area contributed by atoms with Gasteiger partial charge in [-0.1, -0.05) is 6.92 Å². The molecule has 2 rings (SSSR count). The fourth-order valence-corrected chi connectivity index (χ4v) is 2.94. The molecule has 2 fully saturated rings. The summed E-state index contributed by atoms with van der Waals surface area (Å²) in [7, 11) is 0. The van der Waals surface area contributed by atoms with Crippen LogP contribution in [0.5, 0.6) is 0 Å². The highest BCUT2D eigenvalue weighted by Crippen LogP contribution is 2.23. The Hall–Kier alpha value is -0.610. The van der Waals surface area contributed by atoms with Crippen LogP contribution in [0.4, 0.5) is 0 Å². The van der Waals surface area contributed by atoms with Crippen molar-refractivity contribution in [1.82, 2.24) is 10.2 Å². The number of amides is 1. The Morgan fingerprint density at radius 3 is 2.94 bits per heavy atom. The third-order valence-corrected chi connectivity index (χ3v) is 4.18. The van der Waals surface area contributed by atoms with Crippen LogP contribution in [0.1, 0.15) is 32.6 Å². The minimum Gasteiger partial charge on any atom is -0.393 e. The maximum Gasteiger partial charge on any atom is 0.226 e. The van der Waals surface area contributed by atoms with E-state index in [9.17, 15) is 9.90 Å². The Morgan fingerprint density at radius 1 is 1.47 bits per heavy atom.